The van der Waals surface area contributed by atoms with Gasteiger partial charge in [0.2, 0.25) is 10.0 Å². The van der Waals surface area contributed by atoms with Crippen molar-refractivity contribution in [2.75, 3.05) is 5.73 Å². The van der Waals surface area contributed by atoms with E-state index in [1.54, 1.807) is 14.0 Å². The van der Waals surface area contributed by atoms with Gasteiger partial charge in [0.25, 0.3) is 0 Å². The molecule has 0 unspecified atom stereocenters. The molecule has 0 atom stereocenters. The van der Waals surface area contributed by atoms with Crippen LogP contribution in [0.25, 0.3) is 0 Å². The lowest BCUT2D eigenvalue weighted by molar-refractivity contribution is 0.566. The Balaban J connectivity index is 2.28. The summed E-state index contributed by atoms with van der Waals surface area (Å²) in [5.41, 5.74) is 5.81. The molecule has 9 heteroatoms. The van der Waals surface area contributed by atoms with Gasteiger partial charge in [-0.05, 0) is 25.1 Å². The Hall–Kier alpha value is -2.00. The first kappa shape index (κ1) is 15.4. The average Bonchev–Trinajstić information content (AvgIpc) is 2.65. The summed E-state index contributed by atoms with van der Waals surface area (Å²) in [6.07, 6.45) is 0. The van der Waals surface area contributed by atoms with Gasteiger partial charge in [0.1, 0.15) is 16.5 Å². The standard InChI is InChI=1S/C12H14F2N4O2S/c1-7-11(12(15)17-18(7)2)21(19,20)16-6-8-5-9(13)3-4-10(8)14/h3-5,16H,6H2,1-2H3,(H2,15,17). The number of rotatable bonds is 4. The van der Waals surface area contributed by atoms with Crippen LogP contribution in [0.3, 0.4) is 0 Å². The van der Waals surface area contributed by atoms with Gasteiger partial charge in [0, 0.05) is 19.2 Å². The Morgan fingerprint density at radius 3 is 2.62 bits per heavy atom. The maximum Gasteiger partial charge on any atom is 0.246 e. The summed E-state index contributed by atoms with van der Waals surface area (Å²) >= 11 is 0. The number of nitrogens with two attached hydrogens (primary N) is 1. The number of sulfonamides is 1. The van der Waals surface area contributed by atoms with Crippen LogP contribution in [-0.2, 0) is 23.6 Å². The molecule has 0 aliphatic rings. The SMILES string of the molecule is Cc1c(S(=O)(=O)NCc2cc(F)ccc2F)c(N)nn1C. The van der Waals surface area contributed by atoms with Crippen LogP contribution in [0, 0.1) is 18.6 Å². The Morgan fingerprint density at radius 1 is 1.38 bits per heavy atom. The second kappa shape index (κ2) is 5.41. The van der Waals surface area contributed by atoms with E-state index in [-0.39, 0.29) is 22.8 Å². The van der Waals surface area contributed by atoms with Gasteiger partial charge in [-0.3, -0.25) is 4.68 Å². The molecular weight excluding hydrogens is 302 g/mol. The molecule has 0 aliphatic heterocycles. The fraction of sp³-hybridized carbons (Fsp3) is 0.250. The van der Waals surface area contributed by atoms with E-state index in [9.17, 15) is 17.2 Å². The van der Waals surface area contributed by atoms with Crippen molar-refractivity contribution in [3.8, 4) is 0 Å². The van der Waals surface area contributed by atoms with Crippen LogP contribution in [0.4, 0.5) is 14.6 Å². The molecule has 114 valence electrons. The van der Waals surface area contributed by atoms with Crippen molar-refractivity contribution in [2.24, 2.45) is 7.05 Å². The van der Waals surface area contributed by atoms with Gasteiger partial charge in [-0.1, -0.05) is 0 Å². The number of aromatic nitrogens is 2. The zero-order chi connectivity index (χ0) is 15.8. The highest BCUT2D eigenvalue weighted by Gasteiger charge is 2.24. The molecule has 0 aliphatic carbocycles. The van der Waals surface area contributed by atoms with Crippen molar-refractivity contribution in [3.05, 3.63) is 41.1 Å². The van der Waals surface area contributed by atoms with E-state index in [4.69, 9.17) is 5.73 Å². The molecule has 2 aromatic rings. The number of hydrogen-bond acceptors (Lipinski definition) is 4. The van der Waals surface area contributed by atoms with E-state index in [0.717, 1.165) is 18.2 Å². The third kappa shape index (κ3) is 3.03. The molecule has 3 N–H and O–H groups in total. The van der Waals surface area contributed by atoms with E-state index in [1.807, 2.05) is 0 Å². The molecular formula is C12H14F2N4O2S. The number of aryl methyl sites for hydroxylation is 1. The fourth-order valence-electron chi connectivity index (χ4n) is 1.87. The second-order valence-corrected chi connectivity index (χ2v) is 6.19. The highest BCUT2D eigenvalue weighted by atomic mass is 32.2. The van der Waals surface area contributed by atoms with Crippen molar-refractivity contribution >= 4 is 15.8 Å². The van der Waals surface area contributed by atoms with E-state index in [0.29, 0.717) is 5.69 Å². The summed E-state index contributed by atoms with van der Waals surface area (Å²) in [4.78, 5) is -0.165. The van der Waals surface area contributed by atoms with Crippen LogP contribution in [0.2, 0.25) is 0 Å². The highest BCUT2D eigenvalue weighted by molar-refractivity contribution is 7.89. The lowest BCUT2D eigenvalue weighted by atomic mass is 10.2. The normalized spacial score (nSPS) is 11.8. The zero-order valence-corrected chi connectivity index (χ0v) is 12.2. The molecule has 0 bridgehead atoms. The van der Waals surface area contributed by atoms with Crippen molar-refractivity contribution in [3.63, 3.8) is 0 Å². The number of nitrogen functional groups attached to an aromatic ring is 1. The van der Waals surface area contributed by atoms with Crippen molar-refractivity contribution in [1.29, 1.82) is 0 Å². The first-order valence-electron chi connectivity index (χ1n) is 5.95. The quantitative estimate of drug-likeness (QED) is 0.883. The van der Waals surface area contributed by atoms with Crippen LogP contribution >= 0.6 is 0 Å². The van der Waals surface area contributed by atoms with Gasteiger partial charge in [0.05, 0.1) is 5.69 Å². The molecule has 0 saturated carbocycles. The van der Waals surface area contributed by atoms with E-state index in [1.165, 1.54) is 4.68 Å². The van der Waals surface area contributed by atoms with Crippen molar-refractivity contribution < 1.29 is 17.2 Å². The van der Waals surface area contributed by atoms with Gasteiger partial charge in [-0.15, -0.1) is 0 Å². The van der Waals surface area contributed by atoms with E-state index in [2.05, 4.69) is 9.82 Å². The van der Waals surface area contributed by atoms with E-state index < -0.39 is 21.7 Å². The predicted octanol–water partition coefficient (Wildman–Crippen LogP) is 1.07. The molecule has 1 aromatic carbocycles. The summed E-state index contributed by atoms with van der Waals surface area (Å²) in [6.45, 7) is 1.15. The van der Waals surface area contributed by atoms with Gasteiger partial charge in [-0.25, -0.2) is 21.9 Å². The Labute approximate surface area is 120 Å². The molecule has 0 spiro atoms. The number of hydrogen-bond donors (Lipinski definition) is 2. The molecule has 21 heavy (non-hydrogen) atoms. The second-order valence-electron chi connectivity index (χ2n) is 4.48. The molecule has 0 amide bonds. The van der Waals surface area contributed by atoms with Gasteiger partial charge in [0.15, 0.2) is 5.82 Å². The van der Waals surface area contributed by atoms with Crippen LogP contribution in [0.1, 0.15) is 11.3 Å². The summed E-state index contributed by atoms with van der Waals surface area (Å²) in [5, 5.41) is 3.80. The number of nitrogens with zero attached hydrogens (tertiary/aromatic N) is 2. The smallest absolute Gasteiger partial charge is 0.246 e. The number of halogens is 2. The highest BCUT2D eigenvalue weighted by Crippen LogP contribution is 2.21. The first-order chi connectivity index (χ1) is 9.72. The maximum atomic E-state index is 13.5. The first-order valence-corrected chi connectivity index (χ1v) is 7.43. The van der Waals surface area contributed by atoms with Gasteiger partial charge in [-0.2, -0.15) is 5.10 Å². The number of anilines is 1. The van der Waals surface area contributed by atoms with Crippen molar-refractivity contribution in [2.45, 2.75) is 18.4 Å². The van der Waals surface area contributed by atoms with Crippen LogP contribution in [-0.4, -0.2) is 18.2 Å². The summed E-state index contributed by atoms with van der Waals surface area (Å²) in [6, 6.07) is 2.82. The van der Waals surface area contributed by atoms with Crippen LogP contribution < -0.4 is 10.5 Å². The third-order valence-corrected chi connectivity index (χ3v) is 4.60. The van der Waals surface area contributed by atoms with Gasteiger partial charge >= 0.3 is 0 Å². The summed E-state index contributed by atoms with van der Waals surface area (Å²) in [7, 11) is -2.42. The monoisotopic (exact) mass is 316 g/mol. The third-order valence-electron chi connectivity index (χ3n) is 3.03. The molecule has 0 fully saturated rings. The van der Waals surface area contributed by atoms with Crippen LogP contribution in [0.15, 0.2) is 23.1 Å². The molecule has 1 heterocycles. The Bertz CT molecular complexity index is 787. The minimum Gasteiger partial charge on any atom is -0.381 e. The molecule has 6 nitrogen and oxygen atoms in total. The largest absolute Gasteiger partial charge is 0.381 e. The topological polar surface area (TPSA) is 90.0 Å². The van der Waals surface area contributed by atoms with Crippen molar-refractivity contribution in [1.82, 2.24) is 14.5 Å². The number of benzene rings is 1. The minimum atomic E-state index is -3.98. The summed E-state index contributed by atoms with van der Waals surface area (Å²) in [5.74, 6) is -1.50. The fourth-order valence-corrected chi connectivity index (χ4v) is 3.20. The lowest BCUT2D eigenvalue weighted by Crippen LogP contribution is -2.25. The lowest BCUT2D eigenvalue weighted by Gasteiger charge is -2.08. The molecule has 1 aromatic heterocycles. The minimum absolute atomic E-state index is 0.0984. The Kier molecular flexibility index (Phi) is 3.97. The van der Waals surface area contributed by atoms with Gasteiger partial charge < -0.3 is 5.73 Å². The average molecular weight is 316 g/mol. The van der Waals surface area contributed by atoms with Crippen LogP contribution in [0.5, 0.6) is 0 Å². The van der Waals surface area contributed by atoms with E-state index >= 15 is 0 Å². The Morgan fingerprint density at radius 2 is 2.05 bits per heavy atom. The number of nitrogens with one attached hydrogen (secondary N) is 1. The summed E-state index contributed by atoms with van der Waals surface area (Å²) < 4.78 is 54.4. The predicted molar refractivity (Wildman–Crippen MR) is 72.7 cm³/mol. The molecule has 0 saturated heterocycles. The molecule has 0 radical (unpaired) electrons. The molecule has 2 rings (SSSR count). The maximum absolute atomic E-state index is 13.5. The zero-order valence-electron chi connectivity index (χ0n) is 11.4.